The molecule has 0 amide bonds. The molecule has 8 heteroatoms. The van der Waals surface area contributed by atoms with Crippen LogP contribution in [0.1, 0.15) is 5.82 Å². The molecular formula is C13H18N6OS. The van der Waals surface area contributed by atoms with Crippen LogP contribution < -0.4 is 9.80 Å². The maximum Gasteiger partial charge on any atom is 0.205 e. The molecule has 21 heavy (non-hydrogen) atoms. The predicted molar refractivity (Wildman–Crippen MR) is 81.9 cm³/mol. The van der Waals surface area contributed by atoms with Gasteiger partial charge in [0.05, 0.1) is 12.8 Å². The summed E-state index contributed by atoms with van der Waals surface area (Å²) in [7, 11) is 1.69. The Hall–Kier alpha value is -1.80. The van der Waals surface area contributed by atoms with Crippen LogP contribution in [0.25, 0.3) is 0 Å². The minimum atomic E-state index is 0.663. The Kier molecular flexibility index (Phi) is 4.56. The highest BCUT2D eigenvalue weighted by Crippen LogP contribution is 2.20. The molecule has 112 valence electrons. The summed E-state index contributed by atoms with van der Waals surface area (Å²) in [6.45, 7) is 4.36. The third kappa shape index (κ3) is 3.45. The number of anilines is 2. The van der Waals surface area contributed by atoms with Crippen LogP contribution in [-0.4, -0.2) is 59.2 Å². The van der Waals surface area contributed by atoms with Crippen LogP contribution >= 0.6 is 11.5 Å². The van der Waals surface area contributed by atoms with Gasteiger partial charge in [0.25, 0.3) is 0 Å². The molecule has 1 fully saturated rings. The third-order valence-corrected chi connectivity index (χ3v) is 4.23. The number of nitrogens with zero attached hydrogens (tertiary/aromatic N) is 6. The van der Waals surface area contributed by atoms with E-state index in [1.54, 1.807) is 19.5 Å². The van der Waals surface area contributed by atoms with Crippen molar-refractivity contribution in [1.82, 2.24) is 19.3 Å². The Labute approximate surface area is 127 Å². The van der Waals surface area contributed by atoms with E-state index in [1.165, 1.54) is 11.5 Å². The van der Waals surface area contributed by atoms with Crippen LogP contribution in [0.3, 0.4) is 0 Å². The lowest BCUT2D eigenvalue weighted by Crippen LogP contribution is -2.46. The first kappa shape index (κ1) is 14.2. The average molecular weight is 306 g/mol. The summed E-state index contributed by atoms with van der Waals surface area (Å²) in [5.41, 5.74) is 0. The number of hydrogen-bond acceptors (Lipinski definition) is 8. The molecule has 7 nitrogen and oxygen atoms in total. The fourth-order valence-electron chi connectivity index (χ4n) is 2.25. The molecule has 0 N–H and O–H groups in total. The second-order valence-electron chi connectivity index (χ2n) is 4.77. The number of ether oxygens (including phenoxy) is 1. The standard InChI is InChI=1S/C13H18N6OS/c1-20-9-2-11-16-13(21-17-11)19-7-5-18(6-8-19)12-10-14-3-4-15-12/h3-4,10H,2,5-9H2,1H3. The largest absolute Gasteiger partial charge is 0.384 e. The van der Waals surface area contributed by atoms with Crippen molar-refractivity contribution in [2.45, 2.75) is 6.42 Å². The Morgan fingerprint density at radius 2 is 2.00 bits per heavy atom. The molecule has 1 aliphatic heterocycles. The number of aromatic nitrogens is 4. The van der Waals surface area contributed by atoms with E-state index in [1.807, 2.05) is 6.20 Å². The maximum absolute atomic E-state index is 5.06. The van der Waals surface area contributed by atoms with Gasteiger partial charge < -0.3 is 14.5 Å². The molecule has 0 unspecified atom stereocenters. The molecule has 1 aliphatic rings. The molecule has 3 heterocycles. The van der Waals surface area contributed by atoms with Gasteiger partial charge in [-0.3, -0.25) is 4.98 Å². The van der Waals surface area contributed by atoms with Crippen molar-refractivity contribution in [1.29, 1.82) is 0 Å². The summed E-state index contributed by atoms with van der Waals surface area (Å²) in [5, 5.41) is 1.000. The monoisotopic (exact) mass is 306 g/mol. The van der Waals surface area contributed by atoms with Gasteiger partial charge in [-0.25, -0.2) is 9.97 Å². The van der Waals surface area contributed by atoms with Crippen LogP contribution in [0.5, 0.6) is 0 Å². The molecule has 0 spiro atoms. The van der Waals surface area contributed by atoms with E-state index in [9.17, 15) is 0 Å². The smallest absolute Gasteiger partial charge is 0.205 e. The number of rotatable bonds is 5. The first-order valence-corrected chi connectivity index (χ1v) is 7.71. The van der Waals surface area contributed by atoms with Gasteiger partial charge in [0.2, 0.25) is 5.13 Å². The van der Waals surface area contributed by atoms with E-state index < -0.39 is 0 Å². The van der Waals surface area contributed by atoms with Crippen LogP contribution in [-0.2, 0) is 11.2 Å². The summed E-state index contributed by atoms with van der Waals surface area (Å²) in [6.07, 6.45) is 6.01. The molecule has 2 aromatic rings. The maximum atomic E-state index is 5.06. The zero-order valence-corrected chi connectivity index (χ0v) is 12.8. The van der Waals surface area contributed by atoms with E-state index >= 15 is 0 Å². The van der Waals surface area contributed by atoms with Gasteiger partial charge in [-0.15, -0.1) is 0 Å². The Balaban J connectivity index is 1.57. The second-order valence-corrected chi connectivity index (χ2v) is 5.50. The third-order valence-electron chi connectivity index (χ3n) is 3.41. The van der Waals surface area contributed by atoms with Gasteiger partial charge in [0, 0.05) is 63.6 Å². The Bertz CT molecular complexity index is 555. The van der Waals surface area contributed by atoms with E-state index in [2.05, 4.69) is 29.1 Å². The Morgan fingerprint density at radius 3 is 2.71 bits per heavy atom. The van der Waals surface area contributed by atoms with Gasteiger partial charge in [-0.1, -0.05) is 0 Å². The minimum absolute atomic E-state index is 0.663. The lowest BCUT2D eigenvalue weighted by molar-refractivity contribution is 0.201. The normalized spacial score (nSPS) is 15.5. The average Bonchev–Trinajstić information content (AvgIpc) is 3.03. The van der Waals surface area contributed by atoms with Gasteiger partial charge >= 0.3 is 0 Å². The lowest BCUT2D eigenvalue weighted by atomic mass is 10.3. The highest BCUT2D eigenvalue weighted by atomic mass is 32.1. The number of hydrogen-bond donors (Lipinski definition) is 0. The van der Waals surface area contributed by atoms with Gasteiger partial charge in [-0.2, -0.15) is 4.37 Å². The van der Waals surface area contributed by atoms with Crippen LogP contribution in [0.2, 0.25) is 0 Å². The van der Waals surface area contributed by atoms with Gasteiger partial charge in [0.1, 0.15) is 11.6 Å². The molecule has 0 aliphatic carbocycles. The first-order valence-electron chi connectivity index (χ1n) is 6.94. The van der Waals surface area contributed by atoms with Crippen molar-refractivity contribution in [3.05, 3.63) is 24.4 Å². The summed E-state index contributed by atoms with van der Waals surface area (Å²) in [4.78, 5) is 17.6. The summed E-state index contributed by atoms with van der Waals surface area (Å²) in [5.74, 6) is 1.81. The fraction of sp³-hybridized carbons (Fsp3) is 0.538. The first-order chi connectivity index (χ1) is 10.4. The molecule has 0 radical (unpaired) electrons. The number of piperazine rings is 1. The SMILES string of the molecule is COCCc1nsc(N2CCN(c3cnccn3)CC2)n1. The van der Waals surface area contributed by atoms with E-state index in [4.69, 9.17) is 4.74 Å². The van der Waals surface area contributed by atoms with Gasteiger partial charge in [0.15, 0.2) is 0 Å². The molecular weight excluding hydrogens is 288 g/mol. The topological polar surface area (TPSA) is 67.3 Å². The second kappa shape index (κ2) is 6.77. The molecule has 0 atom stereocenters. The van der Waals surface area contributed by atoms with Crippen molar-refractivity contribution >= 4 is 22.5 Å². The Morgan fingerprint density at radius 1 is 1.19 bits per heavy atom. The van der Waals surface area contributed by atoms with Crippen molar-refractivity contribution < 1.29 is 4.74 Å². The van der Waals surface area contributed by atoms with Crippen LogP contribution in [0.15, 0.2) is 18.6 Å². The quantitative estimate of drug-likeness (QED) is 0.811. The molecule has 0 aromatic carbocycles. The molecule has 1 saturated heterocycles. The van der Waals surface area contributed by atoms with E-state index in [0.717, 1.165) is 49.4 Å². The van der Waals surface area contributed by atoms with Crippen LogP contribution in [0.4, 0.5) is 10.9 Å². The van der Waals surface area contributed by atoms with Crippen molar-refractivity contribution in [3.8, 4) is 0 Å². The van der Waals surface area contributed by atoms with E-state index in [0.29, 0.717) is 6.61 Å². The molecule has 3 rings (SSSR count). The van der Waals surface area contributed by atoms with Gasteiger partial charge in [-0.05, 0) is 0 Å². The van der Waals surface area contributed by atoms with Crippen molar-refractivity contribution in [2.75, 3.05) is 49.7 Å². The highest BCUT2D eigenvalue weighted by Gasteiger charge is 2.20. The lowest BCUT2D eigenvalue weighted by Gasteiger charge is -2.34. The predicted octanol–water partition coefficient (Wildman–Crippen LogP) is 0.844. The molecule has 0 saturated carbocycles. The zero-order valence-electron chi connectivity index (χ0n) is 12.0. The minimum Gasteiger partial charge on any atom is -0.384 e. The summed E-state index contributed by atoms with van der Waals surface area (Å²) < 4.78 is 9.43. The van der Waals surface area contributed by atoms with Crippen molar-refractivity contribution in [3.63, 3.8) is 0 Å². The van der Waals surface area contributed by atoms with Crippen LogP contribution in [0, 0.1) is 0 Å². The highest BCUT2D eigenvalue weighted by molar-refractivity contribution is 7.09. The molecule has 2 aromatic heterocycles. The number of methoxy groups -OCH3 is 1. The van der Waals surface area contributed by atoms with E-state index in [-0.39, 0.29) is 0 Å². The summed E-state index contributed by atoms with van der Waals surface area (Å²) in [6, 6.07) is 0. The zero-order chi connectivity index (χ0) is 14.5. The molecule has 0 bridgehead atoms. The summed E-state index contributed by atoms with van der Waals surface area (Å²) >= 11 is 1.47. The van der Waals surface area contributed by atoms with Crippen molar-refractivity contribution in [2.24, 2.45) is 0 Å². The fourth-order valence-corrected chi connectivity index (χ4v) is 3.01.